The number of H-pyrrole nitrogens is 1. The van der Waals surface area contributed by atoms with Crippen LogP contribution in [0.15, 0.2) is 12.0 Å². The number of nitrogens with one attached hydrogen (secondary N) is 1. The molecule has 0 aromatic carbocycles. The molecule has 0 aliphatic carbocycles. The highest BCUT2D eigenvalue weighted by atomic mass is 16.6. The molecule has 1 aromatic rings. The minimum Gasteiger partial charge on any atom is -0.493 e. The highest BCUT2D eigenvalue weighted by Gasteiger charge is 2.27. The quantitative estimate of drug-likeness (QED) is 0.571. The maximum Gasteiger partial charge on any atom is 0.377 e. The number of ether oxygens (including phenoxy) is 5. The molecule has 0 radical (unpaired) electrons. The van der Waals surface area contributed by atoms with Gasteiger partial charge >= 0.3 is 17.9 Å². The maximum absolute atomic E-state index is 12.2. The Bertz CT molecular complexity index is 719. The molecule has 0 amide bonds. The molecule has 1 aliphatic heterocycles. The van der Waals surface area contributed by atoms with Gasteiger partial charge in [0.05, 0.1) is 24.5 Å². The van der Waals surface area contributed by atoms with Gasteiger partial charge in [-0.3, -0.25) is 0 Å². The Morgan fingerprint density at radius 1 is 1.04 bits per heavy atom. The van der Waals surface area contributed by atoms with Crippen molar-refractivity contribution in [3.63, 3.8) is 0 Å². The molecule has 1 aliphatic rings. The molecule has 0 atom stereocenters. The van der Waals surface area contributed by atoms with E-state index in [1.807, 2.05) is 0 Å². The zero-order valence-electron chi connectivity index (χ0n) is 14.9. The van der Waals surface area contributed by atoms with Crippen molar-refractivity contribution in [2.45, 2.75) is 27.4 Å². The Kier molecular flexibility index (Phi) is 6.65. The first kappa shape index (κ1) is 19.4. The predicted molar refractivity (Wildman–Crippen MR) is 87.2 cm³/mol. The largest absolute Gasteiger partial charge is 0.493 e. The van der Waals surface area contributed by atoms with Crippen LogP contribution < -0.4 is 0 Å². The molecule has 9 heteroatoms. The van der Waals surface area contributed by atoms with E-state index in [0.29, 0.717) is 12.2 Å². The first-order chi connectivity index (χ1) is 12.5. The van der Waals surface area contributed by atoms with Gasteiger partial charge in [0.15, 0.2) is 0 Å². The second-order valence-electron chi connectivity index (χ2n) is 5.20. The van der Waals surface area contributed by atoms with Crippen molar-refractivity contribution in [1.82, 2.24) is 4.98 Å². The third kappa shape index (κ3) is 4.35. The molecule has 1 N–H and O–H groups in total. The molecule has 26 heavy (non-hydrogen) atoms. The van der Waals surface area contributed by atoms with Crippen LogP contribution in [0.25, 0.3) is 0 Å². The van der Waals surface area contributed by atoms with Crippen LogP contribution in [0, 0.1) is 6.92 Å². The topological polar surface area (TPSA) is 113 Å². The number of hydrogen-bond donors (Lipinski definition) is 1. The molecule has 9 nitrogen and oxygen atoms in total. The first-order valence-electron chi connectivity index (χ1n) is 8.16. The van der Waals surface area contributed by atoms with Crippen molar-refractivity contribution in [3.8, 4) is 0 Å². The van der Waals surface area contributed by atoms with Crippen molar-refractivity contribution in [2.75, 3.05) is 26.4 Å². The van der Waals surface area contributed by atoms with E-state index in [1.54, 1.807) is 20.8 Å². The summed E-state index contributed by atoms with van der Waals surface area (Å²) >= 11 is 0. The van der Waals surface area contributed by atoms with Crippen LogP contribution in [-0.2, 0) is 35.1 Å². The van der Waals surface area contributed by atoms with E-state index in [9.17, 15) is 14.4 Å². The molecule has 142 valence electrons. The second-order valence-corrected chi connectivity index (χ2v) is 5.20. The number of aromatic nitrogens is 1. The molecule has 0 spiro atoms. The number of aromatic amines is 1. The number of carbonyl (C=O) groups excluding carboxylic acids is 3. The Morgan fingerprint density at radius 2 is 1.73 bits per heavy atom. The molecule has 2 rings (SSSR count). The Morgan fingerprint density at radius 3 is 2.35 bits per heavy atom. The fourth-order valence-corrected chi connectivity index (χ4v) is 2.34. The van der Waals surface area contributed by atoms with Gasteiger partial charge in [0.2, 0.25) is 5.76 Å². The van der Waals surface area contributed by atoms with E-state index < -0.39 is 17.9 Å². The molecule has 0 unspecified atom stereocenters. The molecule has 1 aromatic heterocycles. The van der Waals surface area contributed by atoms with Gasteiger partial charge in [-0.25, -0.2) is 14.4 Å². The van der Waals surface area contributed by atoms with Crippen LogP contribution in [0.3, 0.4) is 0 Å². The van der Waals surface area contributed by atoms with E-state index >= 15 is 0 Å². The van der Waals surface area contributed by atoms with Crippen molar-refractivity contribution in [3.05, 3.63) is 34.5 Å². The van der Waals surface area contributed by atoms with Crippen molar-refractivity contribution in [2.24, 2.45) is 0 Å². The van der Waals surface area contributed by atoms with Crippen LogP contribution >= 0.6 is 0 Å². The summed E-state index contributed by atoms with van der Waals surface area (Å²) in [6.45, 7) is 5.57. The van der Waals surface area contributed by atoms with Crippen LogP contribution in [-0.4, -0.2) is 49.3 Å². The molecule has 0 saturated carbocycles. The highest BCUT2D eigenvalue weighted by molar-refractivity contribution is 5.98. The SMILES string of the molecule is CCOC(=O)c1[nH]c(COC(=O)C2=COCCO2)c(C(=O)OCC)c1C. The molecule has 2 heterocycles. The molecule has 0 fully saturated rings. The van der Waals surface area contributed by atoms with E-state index in [4.69, 9.17) is 23.7 Å². The standard InChI is InChI=1S/C17H21NO8/c1-4-23-16(20)13-10(3)14(17(21)24-5-2)18-11(13)8-26-15(19)12-9-22-6-7-25-12/h9,18H,4-8H2,1-3H3. The molecule has 0 bridgehead atoms. The molecular weight excluding hydrogens is 346 g/mol. The van der Waals surface area contributed by atoms with Crippen LogP contribution in [0.1, 0.15) is 46.0 Å². The Hall–Kier alpha value is -2.97. The summed E-state index contributed by atoms with van der Waals surface area (Å²) in [5.41, 5.74) is 0.842. The number of carbonyl (C=O) groups is 3. The summed E-state index contributed by atoms with van der Waals surface area (Å²) in [5, 5.41) is 0. The van der Waals surface area contributed by atoms with E-state index in [-0.39, 0.29) is 49.1 Å². The molecular formula is C17H21NO8. The third-order valence-corrected chi connectivity index (χ3v) is 3.48. The summed E-state index contributed by atoms with van der Waals surface area (Å²) in [4.78, 5) is 39.1. The lowest BCUT2D eigenvalue weighted by atomic mass is 10.1. The second kappa shape index (κ2) is 8.93. The van der Waals surface area contributed by atoms with Gasteiger partial charge in [-0.2, -0.15) is 0 Å². The van der Waals surface area contributed by atoms with Gasteiger partial charge in [-0.15, -0.1) is 0 Å². The van der Waals surface area contributed by atoms with Gasteiger partial charge in [-0.05, 0) is 26.3 Å². The van der Waals surface area contributed by atoms with Gasteiger partial charge in [0.25, 0.3) is 0 Å². The zero-order valence-corrected chi connectivity index (χ0v) is 14.9. The third-order valence-electron chi connectivity index (χ3n) is 3.48. The minimum absolute atomic E-state index is 0.0668. The van der Waals surface area contributed by atoms with E-state index in [2.05, 4.69) is 4.98 Å². The van der Waals surface area contributed by atoms with Crippen molar-refractivity contribution >= 4 is 17.9 Å². The van der Waals surface area contributed by atoms with Gasteiger partial charge in [0.1, 0.15) is 31.8 Å². The number of rotatable bonds is 7. The Labute approximate surface area is 150 Å². The summed E-state index contributed by atoms with van der Waals surface area (Å²) in [7, 11) is 0. The van der Waals surface area contributed by atoms with Gasteiger partial charge < -0.3 is 28.7 Å². The van der Waals surface area contributed by atoms with Crippen molar-refractivity contribution in [1.29, 1.82) is 0 Å². The predicted octanol–water partition coefficient (Wildman–Crippen LogP) is 1.61. The summed E-state index contributed by atoms with van der Waals surface area (Å²) < 4.78 is 25.2. The molecule has 0 saturated heterocycles. The van der Waals surface area contributed by atoms with Gasteiger partial charge in [0, 0.05) is 0 Å². The Balaban J connectivity index is 2.23. The van der Waals surface area contributed by atoms with E-state index in [1.165, 1.54) is 6.26 Å². The number of esters is 3. The average molecular weight is 367 g/mol. The van der Waals surface area contributed by atoms with Crippen LogP contribution in [0.2, 0.25) is 0 Å². The maximum atomic E-state index is 12.2. The first-order valence-corrected chi connectivity index (χ1v) is 8.16. The van der Waals surface area contributed by atoms with Crippen LogP contribution in [0.5, 0.6) is 0 Å². The van der Waals surface area contributed by atoms with Crippen molar-refractivity contribution < 1.29 is 38.1 Å². The summed E-state index contributed by atoms with van der Waals surface area (Å²) in [6.07, 6.45) is 1.17. The monoisotopic (exact) mass is 367 g/mol. The normalized spacial score (nSPS) is 13.1. The lowest BCUT2D eigenvalue weighted by Gasteiger charge is -2.14. The average Bonchev–Trinajstić information content (AvgIpc) is 2.97. The van der Waals surface area contributed by atoms with E-state index in [0.717, 1.165) is 0 Å². The fourth-order valence-electron chi connectivity index (χ4n) is 2.34. The number of hydrogen-bond acceptors (Lipinski definition) is 8. The van der Waals surface area contributed by atoms with Crippen LogP contribution in [0.4, 0.5) is 0 Å². The zero-order chi connectivity index (χ0) is 19.1. The fraction of sp³-hybridized carbons (Fsp3) is 0.471. The van der Waals surface area contributed by atoms with Gasteiger partial charge in [-0.1, -0.05) is 0 Å². The lowest BCUT2D eigenvalue weighted by Crippen LogP contribution is -2.18. The minimum atomic E-state index is -0.746. The lowest BCUT2D eigenvalue weighted by molar-refractivity contribution is -0.146. The smallest absolute Gasteiger partial charge is 0.377 e. The highest BCUT2D eigenvalue weighted by Crippen LogP contribution is 2.22. The summed E-state index contributed by atoms with van der Waals surface area (Å²) in [6, 6.07) is 0. The summed E-state index contributed by atoms with van der Waals surface area (Å²) in [5.74, 6) is -2.05.